The SMILES string of the molecule is CCCCc1nc(C2CCCCN2)cs1. The van der Waals surface area contributed by atoms with Crippen LogP contribution in [0.1, 0.15) is 55.8 Å². The predicted octanol–water partition coefficient (Wildman–Crippen LogP) is 3.30. The molecule has 84 valence electrons. The smallest absolute Gasteiger partial charge is 0.0928 e. The standard InChI is InChI=1S/C12H20N2S/c1-2-3-7-12-14-11(9-15-12)10-6-4-5-8-13-10/h9-10,13H,2-8H2,1H3. The van der Waals surface area contributed by atoms with Crippen molar-refractivity contribution < 1.29 is 0 Å². The van der Waals surface area contributed by atoms with Crippen LogP contribution in [0.5, 0.6) is 0 Å². The van der Waals surface area contributed by atoms with Crippen molar-refractivity contribution in [3.05, 3.63) is 16.1 Å². The van der Waals surface area contributed by atoms with E-state index in [0.29, 0.717) is 6.04 Å². The van der Waals surface area contributed by atoms with Gasteiger partial charge in [0.05, 0.1) is 16.7 Å². The fraction of sp³-hybridized carbons (Fsp3) is 0.750. The van der Waals surface area contributed by atoms with E-state index < -0.39 is 0 Å². The van der Waals surface area contributed by atoms with E-state index in [-0.39, 0.29) is 0 Å². The van der Waals surface area contributed by atoms with Crippen LogP contribution in [0.4, 0.5) is 0 Å². The van der Waals surface area contributed by atoms with Gasteiger partial charge in [-0.25, -0.2) is 4.98 Å². The minimum atomic E-state index is 0.533. The van der Waals surface area contributed by atoms with Crippen molar-refractivity contribution in [2.75, 3.05) is 6.54 Å². The van der Waals surface area contributed by atoms with Gasteiger partial charge in [-0.15, -0.1) is 11.3 Å². The maximum absolute atomic E-state index is 4.73. The first-order chi connectivity index (χ1) is 7.40. The van der Waals surface area contributed by atoms with Crippen LogP contribution in [0.25, 0.3) is 0 Å². The van der Waals surface area contributed by atoms with Gasteiger partial charge < -0.3 is 5.32 Å². The van der Waals surface area contributed by atoms with E-state index in [4.69, 9.17) is 4.98 Å². The summed E-state index contributed by atoms with van der Waals surface area (Å²) in [6.45, 7) is 3.39. The Bertz CT molecular complexity index is 290. The molecule has 1 aromatic rings. The number of nitrogens with zero attached hydrogens (tertiary/aromatic N) is 1. The van der Waals surface area contributed by atoms with E-state index in [1.165, 1.54) is 42.8 Å². The summed E-state index contributed by atoms with van der Waals surface area (Å²) < 4.78 is 0. The quantitative estimate of drug-likeness (QED) is 0.849. The molecule has 1 fully saturated rings. The van der Waals surface area contributed by atoms with Crippen molar-refractivity contribution in [1.82, 2.24) is 10.3 Å². The zero-order valence-corrected chi connectivity index (χ0v) is 10.3. The molecule has 0 radical (unpaired) electrons. The minimum absolute atomic E-state index is 0.533. The zero-order chi connectivity index (χ0) is 10.5. The summed E-state index contributed by atoms with van der Waals surface area (Å²) in [5.41, 5.74) is 1.28. The van der Waals surface area contributed by atoms with E-state index in [1.54, 1.807) is 0 Å². The molecule has 1 atom stereocenters. The largest absolute Gasteiger partial charge is 0.309 e. The van der Waals surface area contributed by atoms with E-state index in [2.05, 4.69) is 17.6 Å². The molecule has 1 aliphatic heterocycles. The summed E-state index contributed by atoms with van der Waals surface area (Å²) in [4.78, 5) is 4.73. The van der Waals surface area contributed by atoms with Gasteiger partial charge in [0.1, 0.15) is 0 Å². The third-order valence-electron chi connectivity index (χ3n) is 2.98. The lowest BCUT2D eigenvalue weighted by molar-refractivity contribution is 0.406. The molecule has 1 aliphatic rings. The molecule has 1 saturated heterocycles. The number of aryl methyl sites for hydroxylation is 1. The molecule has 1 N–H and O–H groups in total. The molecule has 15 heavy (non-hydrogen) atoms. The van der Waals surface area contributed by atoms with E-state index in [1.807, 2.05) is 11.3 Å². The molecule has 2 rings (SSSR count). The number of hydrogen-bond acceptors (Lipinski definition) is 3. The van der Waals surface area contributed by atoms with Gasteiger partial charge in [-0.1, -0.05) is 19.8 Å². The van der Waals surface area contributed by atoms with Crippen LogP contribution in [0.2, 0.25) is 0 Å². The number of unbranched alkanes of at least 4 members (excludes halogenated alkanes) is 1. The number of piperidine rings is 1. The molecule has 0 spiro atoms. The summed E-state index contributed by atoms with van der Waals surface area (Å²) in [6, 6.07) is 0.533. The highest BCUT2D eigenvalue weighted by molar-refractivity contribution is 7.09. The van der Waals surface area contributed by atoms with Gasteiger partial charge in [-0.2, -0.15) is 0 Å². The van der Waals surface area contributed by atoms with E-state index in [9.17, 15) is 0 Å². The Labute approximate surface area is 96.1 Å². The Morgan fingerprint density at radius 1 is 1.53 bits per heavy atom. The summed E-state index contributed by atoms with van der Waals surface area (Å²) in [5, 5.41) is 7.11. The van der Waals surface area contributed by atoms with Crippen LogP contribution in [0.3, 0.4) is 0 Å². The summed E-state index contributed by atoms with van der Waals surface area (Å²) in [5.74, 6) is 0. The second-order valence-corrected chi connectivity index (χ2v) is 5.21. The van der Waals surface area contributed by atoms with Gasteiger partial charge in [0.2, 0.25) is 0 Å². The first kappa shape index (κ1) is 11.1. The van der Waals surface area contributed by atoms with Crippen LogP contribution in [0.15, 0.2) is 5.38 Å². The Balaban J connectivity index is 1.93. The number of thiazole rings is 1. The molecule has 0 aliphatic carbocycles. The molecule has 0 amide bonds. The molecule has 0 bridgehead atoms. The first-order valence-electron chi connectivity index (χ1n) is 6.08. The third-order valence-corrected chi connectivity index (χ3v) is 3.91. The Morgan fingerprint density at radius 2 is 2.47 bits per heavy atom. The van der Waals surface area contributed by atoms with Crippen molar-refractivity contribution in [1.29, 1.82) is 0 Å². The summed E-state index contributed by atoms with van der Waals surface area (Å²) >= 11 is 1.83. The molecule has 0 saturated carbocycles. The highest BCUT2D eigenvalue weighted by atomic mass is 32.1. The Morgan fingerprint density at radius 3 is 3.20 bits per heavy atom. The van der Waals surface area contributed by atoms with Crippen LogP contribution < -0.4 is 5.32 Å². The van der Waals surface area contributed by atoms with Crippen LogP contribution in [-0.4, -0.2) is 11.5 Å². The predicted molar refractivity (Wildman–Crippen MR) is 65.3 cm³/mol. The monoisotopic (exact) mass is 224 g/mol. The number of rotatable bonds is 4. The molecular formula is C12H20N2S. The van der Waals surface area contributed by atoms with Crippen molar-refractivity contribution in [3.8, 4) is 0 Å². The Kier molecular flexibility index (Phi) is 4.15. The zero-order valence-electron chi connectivity index (χ0n) is 9.46. The number of aromatic nitrogens is 1. The van der Waals surface area contributed by atoms with Crippen LogP contribution in [-0.2, 0) is 6.42 Å². The van der Waals surface area contributed by atoms with E-state index >= 15 is 0 Å². The van der Waals surface area contributed by atoms with Crippen LogP contribution >= 0.6 is 11.3 Å². The third kappa shape index (κ3) is 3.02. The van der Waals surface area contributed by atoms with Crippen molar-refractivity contribution in [2.24, 2.45) is 0 Å². The van der Waals surface area contributed by atoms with Gasteiger partial charge in [0.15, 0.2) is 0 Å². The van der Waals surface area contributed by atoms with Crippen molar-refractivity contribution in [2.45, 2.75) is 51.5 Å². The molecule has 2 heterocycles. The first-order valence-corrected chi connectivity index (χ1v) is 6.96. The highest BCUT2D eigenvalue weighted by Crippen LogP contribution is 2.24. The van der Waals surface area contributed by atoms with Gasteiger partial charge in [0.25, 0.3) is 0 Å². The second kappa shape index (κ2) is 5.61. The second-order valence-electron chi connectivity index (χ2n) is 4.27. The average Bonchev–Trinajstić information content (AvgIpc) is 2.76. The lowest BCUT2D eigenvalue weighted by Crippen LogP contribution is -2.26. The van der Waals surface area contributed by atoms with Gasteiger partial charge in [0, 0.05) is 5.38 Å². The number of nitrogens with one attached hydrogen (secondary N) is 1. The number of hydrogen-bond donors (Lipinski definition) is 1. The summed E-state index contributed by atoms with van der Waals surface area (Å²) in [7, 11) is 0. The topological polar surface area (TPSA) is 24.9 Å². The normalized spacial score (nSPS) is 21.8. The van der Waals surface area contributed by atoms with Crippen LogP contribution in [0, 0.1) is 0 Å². The molecule has 1 aromatic heterocycles. The lowest BCUT2D eigenvalue weighted by Gasteiger charge is -2.21. The fourth-order valence-corrected chi connectivity index (χ4v) is 2.93. The fourth-order valence-electron chi connectivity index (χ4n) is 2.03. The van der Waals surface area contributed by atoms with Crippen molar-refractivity contribution in [3.63, 3.8) is 0 Å². The molecule has 3 heteroatoms. The molecule has 0 aromatic carbocycles. The summed E-state index contributed by atoms with van der Waals surface area (Å²) in [6.07, 6.45) is 7.62. The molecule has 2 nitrogen and oxygen atoms in total. The lowest BCUT2D eigenvalue weighted by atomic mass is 10.0. The van der Waals surface area contributed by atoms with Crippen molar-refractivity contribution >= 4 is 11.3 Å². The highest BCUT2D eigenvalue weighted by Gasteiger charge is 2.17. The van der Waals surface area contributed by atoms with Gasteiger partial charge in [-0.05, 0) is 32.2 Å². The molecular weight excluding hydrogens is 204 g/mol. The van der Waals surface area contributed by atoms with Gasteiger partial charge >= 0.3 is 0 Å². The molecule has 1 unspecified atom stereocenters. The minimum Gasteiger partial charge on any atom is -0.309 e. The van der Waals surface area contributed by atoms with Gasteiger partial charge in [-0.3, -0.25) is 0 Å². The average molecular weight is 224 g/mol. The Hall–Kier alpha value is -0.410. The maximum Gasteiger partial charge on any atom is 0.0928 e. The van der Waals surface area contributed by atoms with E-state index in [0.717, 1.165) is 13.0 Å². The maximum atomic E-state index is 4.73.